The molecule has 178 valence electrons. The molecule has 1 aromatic heterocycles. The van der Waals surface area contributed by atoms with Gasteiger partial charge in [-0.1, -0.05) is 57.7 Å². The minimum absolute atomic E-state index is 0.0365. The number of hydrogen-bond acceptors (Lipinski definition) is 6. The van der Waals surface area contributed by atoms with Gasteiger partial charge in [-0.05, 0) is 37.3 Å². The fourth-order valence-corrected chi connectivity index (χ4v) is 3.31. The van der Waals surface area contributed by atoms with E-state index in [-0.39, 0.29) is 18.8 Å². The third-order valence-electron chi connectivity index (χ3n) is 5.21. The van der Waals surface area contributed by atoms with Crippen molar-refractivity contribution in [3.8, 4) is 0 Å². The van der Waals surface area contributed by atoms with Crippen LogP contribution in [-0.2, 0) is 26.2 Å². The molecular formula is C26H35N3O4. The van der Waals surface area contributed by atoms with Gasteiger partial charge in [0.2, 0.25) is 6.79 Å². The molecule has 0 aliphatic heterocycles. The van der Waals surface area contributed by atoms with E-state index in [0.717, 1.165) is 28.1 Å². The Labute approximate surface area is 196 Å². The van der Waals surface area contributed by atoms with Gasteiger partial charge in [-0.3, -0.25) is 9.67 Å². The molecule has 0 saturated carbocycles. The molecule has 0 fully saturated rings. The van der Waals surface area contributed by atoms with Crippen LogP contribution in [0.1, 0.15) is 55.8 Å². The van der Waals surface area contributed by atoms with Crippen molar-refractivity contribution in [1.82, 2.24) is 9.78 Å². The Morgan fingerprint density at radius 1 is 1.15 bits per heavy atom. The van der Waals surface area contributed by atoms with E-state index in [9.17, 15) is 4.79 Å². The van der Waals surface area contributed by atoms with Gasteiger partial charge in [0.1, 0.15) is 12.3 Å². The maximum absolute atomic E-state index is 11.8. The number of allylic oxidation sites excluding steroid dienone is 1. The SMILES string of the molecule is C=CCOC(=O)OCO/C(=C(/C=NC)c1ccc(C(C)(C)C)cc1)c1c(C)c(C)nn1CC. The first-order valence-electron chi connectivity index (χ1n) is 11.0. The number of carbonyl (C=O) groups is 1. The monoisotopic (exact) mass is 453 g/mol. The second kappa shape index (κ2) is 11.5. The lowest BCUT2D eigenvalue weighted by Crippen LogP contribution is -2.13. The lowest BCUT2D eigenvalue weighted by Gasteiger charge is -2.20. The predicted molar refractivity (Wildman–Crippen MR) is 132 cm³/mol. The van der Waals surface area contributed by atoms with E-state index < -0.39 is 6.16 Å². The van der Waals surface area contributed by atoms with Crippen LogP contribution in [0.2, 0.25) is 0 Å². The topological polar surface area (TPSA) is 74.9 Å². The van der Waals surface area contributed by atoms with Gasteiger partial charge in [-0.15, -0.1) is 0 Å². The van der Waals surface area contributed by atoms with Crippen LogP contribution < -0.4 is 0 Å². The highest BCUT2D eigenvalue weighted by atomic mass is 16.8. The third-order valence-corrected chi connectivity index (χ3v) is 5.21. The molecule has 1 aromatic carbocycles. The van der Waals surface area contributed by atoms with E-state index in [2.05, 4.69) is 61.7 Å². The number of rotatable bonds is 9. The van der Waals surface area contributed by atoms with Crippen molar-refractivity contribution in [2.45, 2.75) is 53.5 Å². The fourth-order valence-electron chi connectivity index (χ4n) is 3.31. The molecule has 0 aliphatic rings. The van der Waals surface area contributed by atoms with Crippen molar-refractivity contribution in [3.05, 3.63) is 65.0 Å². The molecule has 0 spiro atoms. The standard InChI is InChI=1S/C26H35N3O4/c1-9-15-31-25(30)33-17-32-24(23-18(3)19(4)28-29(23)10-2)22(16-27-8)20-11-13-21(14-12-20)26(5,6)7/h9,11-14,16H,1,10,15,17H2,2-8H3/b24-22-,27-16?. The molecule has 7 heteroatoms. The van der Waals surface area contributed by atoms with Crippen molar-refractivity contribution in [2.75, 3.05) is 20.4 Å². The largest absolute Gasteiger partial charge is 0.511 e. The van der Waals surface area contributed by atoms with Gasteiger partial charge >= 0.3 is 6.16 Å². The number of aryl methyl sites for hydroxylation is 2. The van der Waals surface area contributed by atoms with Crippen molar-refractivity contribution in [2.24, 2.45) is 4.99 Å². The summed E-state index contributed by atoms with van der Waals surface area (Å²) in [5, 5.41) is 4.63. The highest BCUT2D eigenvalue weighted by molar-refractivity contribution is 6.18. The fraction of sp³-hybridized carbons (Fsp3) is 0.423. The zero-order chi connectivity index (χ0) is 24.6. The molecule has 33 heavy (non-hydrogen) atoms. The zero-order valence-electron chi connectivity index (χ0n) is 20.8. The first-order chi connectivity index (χ1) is 15.6. The summed E-state index contributed by atoms with van der Waals surface area (Å²) < 4.78 is 17.9. The number of aliphatic imine (C=N–C) groups is 1. The van der Waals surface area contributed by atoms with Crippen molar-refractivity contribution < 1.29 is 19.0 Å². The summed E-state index contributed by atoms with van der Waals surface area (Å²) in [6.07, 6.45) is 2.39. The number of hydrogen-bond donors (Lipinski definition) is 0. The van der Waals surface area contributed by atoms with Crippen LogP contribution in [0.3, 0.4) is 0 Å². The van der Waals surface area contributed by atoms with Crippen LogP contribution in [0, 0.1) is 13.8 Å². The molecular weight excluding hydrogens is 418 g/mol. The van der Waals surface area contributed by atoms with Gasteiger partial charge in [0.05, 0.1) is 5.69 Å². The summed E-state index contributed by atoms with van der Waals surface area (Å²) in [6.45, 7) is 16.4. The predicted octanol–water partition coefficient (Wildman–Crippen LogP) is 5.70. The van der Waals surface area contributed by atoms with Crippen LogP contribution in [0.5, 0.6) is 0 Å². The molecule has 0 radical (unpaired) electrons. The summed E-state index contributed by atoms with van der Waals surface area (Å²) in [7, 11) is 1.71. The van der Waals surface area contributed by atoms with Crippen LogP contribution >= 0.6 is 0 Å². The highest BCUT2D eigenvalue weighted by Crippen LogP contribution is 2.31. The Morgan fingerprint density at radius 2 is 1.82 bits per heavy atom. The van der Waals surface area contributed by atoms with E-state index >= 15 is 0 Å². The Hall–Kier alpha value is -3.35. The smallest absolute Gasteiger partial charge is 0.454 e. The lowest BCUT2D eigenvalue weighted by molar-refractivity contribution is -0.00152. The van der Waals surface area contributed by atoms with E-state index in [1.165, 1.54) is 11.6 Å². The molecule has 0 atom stereocenters. The first-order valence-corrected chi connectivity index (χ1v) is 11.0. The summed E-state index contributed by atoms with van der Waals surface area (Å²) in [5.41, 5.74) is 5.64. The molecule has 0 aliphatic carbocycles. The van der Waals surface area contributed by atoms with Gasteiger partial charge in [0, 0.05) is 30.9 Å². The average Bonchev–Trinajstić information content (AvgIpc) is 3.07. The molecule has 2 aromatic rings. The lowest BCUT2D eigenvalue weighted by atomic mass is 9.86. The van der Waals surface area contributed by atoms with Crippen molar-refractivity contribution >= 4 is 23.7 Å². The molecule has 0 N–H and O–H groups in total. The summed E-state index contributed by atoms with van der Waals surface area (Å²) in [6, 6.07) is 8.31. The van der Waals surface area contributed by atoms with E-state index in [4.69, 9.17) is 14.2 Å². The number of nitrogens with zero attached hydrogens (tertiary/aromatic N) is 3. The van der Waals surface area contributed by atoms with Gasteiger partial charge in [-0.25, -0.2) is 4.79 Å². The third kappa shape index (κ3) is 6.57. The summed E-state index contributed by atoms with van der Waals surface area (Å²) in [4.78, 5) is 16.0. The first kappa shape index (κ1) is 25.9. The molecule has 0 saturated heterocycles. The highest BCUT2D eigenvalue weighted by Gasteiger charge is 2.22. The second-order valence-corrected chi connectivity index (χ2v) is 8.59. The summed E-state index contributed by atoms with van der Waals surface area (Å²) >= 11 is 0. The molecule has 0 bridgehead atoms. The van der Waals surface area contributed by atoms with Gasteiger partial charge < -0.3 is 14.2 Å². The van der Waals surface area contributed by atoms with Crippen LogP contribution in [0.4, 0.5) is 4.79 Å². The zero-order valence-corrected chi connectivity index (χ0v) is 20.8. The second-order valence-electron chi connectivity index (χ2n) is 8.59. The van der Waals surface area contributed by atoms with E-state index in [1.54, 1.807) is 13.3 Å². The molecule has 2 rings (SSSR count). The normalized spacial score (nSPS) is 12.5. The quantitative estimate of drug-likeness (QED) is 0.160. The Balaban J connectivity index is 2.58. The van der Waals surface area contributed by atoms with Crippen LogP contribution in [0.25, 0.3) is 11.3 Å². The van der Waals surface area contributed by atoms with Crippen LogP contribution in [0.15, 0.2) is 41.9 Å². The number of ether oxygens (including phenoxy) is 3. The van der Waals surface area contributed by atoms with Crippen molar-refractivity contribution in [3.63, 3.8) is 0 Å². The molecule has 1 heterocycles. The number of benzene rings is 1. The maximum Gasteiger partial charge on any atom is 0.511 e. The Morgan fingerprint density at radius 3 is 2.36 bits per heavy atom. The minimum Gasteiger partial charge on any atom is -0.454 e. The summed E-state index contributed by atoms with van der Waals surface area (Å²) in [5.74, 6) is 0.528. The van der Waals surface area contributed by atoms with Gasteiger partial charge in [0.25, 0.3) is 0 Å². The van der Waals surface area contributed by atoms with Gasteiger partial charge in [-0.2, -0.15) is 5.10 Å². The van der Waals surface area contributed by atoms with Gasteiger partial charge in [0.15, 0.2) is 5.76 Å². The minimum atomic E-state index is -0.827. The Bertz CT molecular complexity index is 1030. The average molecular weight is 454 g/mol. The number of carbonyl (C=O) groups excluding carboxylic acids is 1. The van der Waals surface area contributed by atoms with Crippen molar-refractivity contribution in [1.29, 1.82) is 0 Å². The van der Waals surface area contributed by atoms with E-state index in [0.29, 0.717) is 12.3 Å². The van der Waals surface area contributed by atoms with E-state index in [1.807, 2.05) is 25.5 Å². The number of aromatic nitrogens is 2. The molecule has 0 unspecified atom stereocenters. The van der Waals surface area contributed by atoms with Crippen LogP contribution in [-0.4, -0.2) is 42.6 Å². The maximum atomic E-state index is 11.8. The molecule has 0 amide bonds. The molecule has 7 nitrogen and oxygen atoms in total. The Kier molecular flexibility index (Phi) is 9.02.